The van der Waals surface area contributed by atoms with E-state index in [1.807, 2.05) is 55.5 Å². The molecule has 0 aromatic heterocycles. The number of carbonyl (C=O) groups is 1. The molecule has 1 aliphatic heterocycles. The molecule has 0 spiro atoms. The molecule has 0 radical (unpaired) electrons. The standard InChI is InChI=1S/C21H25NO3/c1-2-24-21(23)19-14-22(13-17-9-5-3-6-10-17)15-20(19)25-16-18-11-7-4-8-12-18/h3-12,19-20H,2,13-16H2,1H3/t19-,20-/m0/s1. The monoisotopic (exact) mass is 339 g/mol. The number of rotatable bonds is 7. The molecule has 132 valence electrons. The van der Waals surface area contributed by atoms with Gasteiger partial charge in [-0.25, -0.2) is 0 Å². The molecule has 2 aromatic rings. The molecule has 3 rings (SSSR count). The second-order valence-corrected chi connectivity index (χ2v) is 6.37. The van der Waals surface area contributed by atoms with Crippen LogP contribution in [0.2, 0.25) is 0 Å². The van der Waals surface area contributed by atoms with Crippen LogP contribution in [-0.4, -0.2) is 36.7 Å². The molecule has 0 aliphatic carbocycles. The quantitative estimate of drug-likeness (QED) is 0.726. The van der Waals surface area contributed by atoms with Crippen LogP contribution in [0.15, 0.2) is 60.7 Å². The summed E-state index contributed by atoms with van der Waals surface area (Å²) in [5, 5.41) is 0. The maximum Gasteiger partial charge on any atom is 0.312 e. The second kappa shape index (κ2) is 8.79. The van der Waals surface area contributed by atoms with Gasteiger partial charge >= 0.3 is 5.97 Å². The Labute approximate surface area is 149 Å². The summed E-state index contributed by atoms with van der Waals surface area (Å²) < 4.78 is 11.4. The number of nitrogens with zero attached hydrogens (tertiary/aromatic N) is 1. The lowest BCUT2D eigenvalue weighted by molar-refractivity contribution is -0.151. The Kier molecular flexibility index (Phi) is 6.20. The highest BCUT2D eigenvalue weighted by Crippen LogP contribution is 2.24. The minimum atomic E-state index is -0.229. The summed E-state index contributed by atoms with van der Waals surface area (Å²) in [4.78, 5) is 14.6. The molecule has 1 aliphatic rings. The van der Waals surface area contributed by atoms with Crippen LogP contribution < -0.4 is 0 Å². The van der Waals surface area contributed by atoms with Crippen molar-refractivity contribution in [2.24, 2.45) is 5.92 Å². The van der Waals surface area contributed by atoms with Gasteiger partial charge in [-0.1, -0.05) is 60.7 Å². The first-order chi connectivity index (χ1) is 12.3. The molecule has 0 bridgehead atoms. The van der Waals surface area contributed by atoms with Gasteiger partial charge in [-0.2, -0.15) is 0 Å². The van der Waals surface area contributed by atoms with Crippen LogP contribution in [-0.2, 0) is 27.4 Å². The molecule has 4 heteroatoms. The van der Waals surface area contributed by atoms with Gasteiger partial charge in [-0.3, -0.25) is 9.69 Å². The number of hydrogen-bond acceptors (Lipinski definition) is 4. The zero-order valence-corrected chi connectivity index (χ0v) is 14.6. The predicted molar refractivity (Wildman–Crippen MR) is 96.9 cm³/mol. The lowest BCUT2D eigenvalue weighted by Crippen LogP contribution is -2.30. The molecule has 2 atom stereocenters. The summed E-state index contributed by atoms with van der Waals surface area (Å²) in [6.45, 7) is 4.99. The smallest absolute Gasteiger partial charge is 0.312 e. The van der Waals surface area contributed by atoms with E-state index >= 15 is 0 Å². The minimum absolute atomic E-state index is 0.136. The highest BCUT2D eigenvalue weighted by molar-refractivity contribution is 5.74. The van der Waals surface area contributed by atoms with E-state index in [0.717, 1.165) is 18.7 Å². The Hall–Kier alpha value is -2.17. The van der Waals surface area contributed by atoms with Crippen molar-refractivity contribution in [2.75, 3.05) is 19.7 Å². The van der Waals surface area contributed by atoms with Gasteiger partial charge in [0.15, 0.2) is 0 Å². The van der Waals surface area contributed by atoms with Crippen LogP contribution in [0, 0.1) is 5.92 Å². The van der Waals surface area contributed by atoms with E-state index in [0.29, 0.717) is 19.8 Å². The Morgan fingerprint density at radius 3 is 2.28 bits per heavy atom. The van der Waals surface area contributed by atoms with Gasteiger partial charge in [-0.05, 0) is 18.1 Å². The average molecular weight is 339 g/mol. The third-order valence-corrected chi connectivity index (χ3v) is 4.49. The Bertz CT molecular complexity index is 659. The molecule has 0 amide bonds. The van der Waals surface area contributed by atoms with Crippen LogP contribution in [0.1, 0.15) is 18.1 Å². The average Bonchev–Trinajstić information content (AvgIpc) is 3.05. The van der Waals surface area contributed by atoms with Crippen molar-refractivity contribution in [2.45, 2.75) is 26.2 Å². The van der Waals surface area contributed by atoms with Crippen molar-refractivity contribution in [3.05, 3.63) is 71.8 Å². The molecular formula is C21H25NO3. The van der Waals surface area contributed by atoms with Gasteiger partial charge in [0, 0.05) is 19.6 Å². The maximum atomic E-state index is 12.3. The SMILES string of the molecule is CCOC(=O)[C@H]1CN(Cc2ccccc2)C[C@@H]1OCc1ccccc1. The van der Waals surface area contributed by atoms with E-state index < -0.39 is 0 Å². The van der Waals surface area contributed by atoms with Crippen molar-refractivity contribution in [1.82, 2.24) is 4.90 Å². The van der Waals surface area contributed by atoms with Gasteiger partial charge in [0.25, 0.3) is 0 Å². The largest absolute Gasteiger partial charge is 0.466 e. The Balaban J connectivity index is 1.64. The van der Waals surface area contributed by atoms with Gasteiger partial charge in [0.1, 0.15) is 0 Å². The second-order valence-electron chi connectivity index (χ2n) is 6.37. The lowest BCUT2D eigenvalue weighted by atomic mass is 10.1. The summed E-state index contributed by atoms with van der Waals surface area (Å²) in [7, 11) is 0. The number of esters is 1. The van der Waals surface area contributed by atoms with Crippen molar-refractivity contribution >= 4 is 5.97 Å². The van der Waals surface area contributed by atoms with Crippen LogP contribution in [0.4, 0.5) is 0 Å². The molecule has 25 heavy (non-hydrogen) atoms. The van der Waals surface area contributed by atoms with Crippen LogP contribution in [0.3, 0.4) is 0 Å². The minimum Gasteiger partial charge on any atom is -0.466 e. The van der Waals surface area contributed by atoms with Gasteiger partial charge in [0.05, 0.1) is 25.2 Å². The van der Waals surface area contributed by atoms with E-state index in [-0.39, 0.29) is 18.0 Å². The van der Waals surface area contributed by atoms with E-state index in [1.54, 1.807) is 0 Å². The molecule has 1 saturated heterocycles. The maximum absolute atomic E-state index is 12.3. The van der Waals surface area contributed by atoms with Gasteiger partial charge < -0.3 is 9.47 Å². The summed E-state index contributed by atoms with van der Waals surface area (Å²) in [6, 6.07) is 20.4. The third kappa shape index (κ3) is 4.91. The van der Waals surface area contributed by atoms with Crippen LogP contribution in [0.25, 0.3) is 0 Å². The van der Waals surface area contributed by atoms with Crippen LogP contribution >= 0.6 is 0 Å². The molecule has 1 heterocycles. The summed E-state index contributed by atoms with van der Waals surface area (Å²) in [6.07, 6.45) is -0.136. The highest BCUT2D eigenvalue weighted by Gasteiger charge is 2.39. The number of hydrogen-bond donors (Lipinski definition) is 0. The molecule has 4 nitrogen and oxygen atoms in total. The zero-order chi connectivity index (χ0) is 17.5. The Morgan fingerprint density at radius 1 is 1.00 bits per heavy atom. The van der Waals surface area contributed by atoms with Gasteiger partial charge in [0.2, 0.25) is 0 Å². The molecule has 1 fully saturated rings. The fourth-order valence-corrected chi connectivity index (χ4v) is 3.24. The molecular weight excluding hydrogens is 314 g/mol. The predicted octanol–water partition coefficient (Wildman–Crippen LogP) is 3.27. The van der Waals surface area contributed by atoms with E-state index in [2.05, 4.69) is 17.0 Å². The first-order valence-electron chi connectivity index (χ1n) is 8.84. The Morgan fingerprint density at radius 2 is 1.64 bits per heavy atom. The normalized spacial score (nSPS) is 20.5. The van der Waals surface area contributed by atoms with Gasteiger partial charge in [-0.15, -0.1) is 0 Å². The first-order valence-corrected chi connectivity index (χ1v) is 8.84. The fourth-order valence-electron chi connectivity index (χ4n) is 3.24. The van der Waals surface area contributed by atoms with Crippen LogP contribution in [0.5, 0.6) is 0 Å². The lowest BCUT2D eigenvalue weighted by Gasteiger charge is -2.18. The molecule has 2 aromatic carbocycles. The third-order valence-electron chi connectivity index (χ3n) is 4.49. The van der Waals surface area contributed by atoms with E-state index in [4.69, 9.17) is 9.47 Å². The molecule has 0 N–H and O–H groups in total. The van der Waals surface area contributed by atoms with Crippen molar-refractivity contribution in [3.63, 3.8) is 0 Å². The van der Waals surface area contributed by atoms with Crippen molar-refractivity contribution in [1.29, 1.82) is 0 Å². The molecule has 0 saturated carbocycles. The topological polar surface area (TPSA) is 38.8 Å². The van der Waals surface area contributed by atoms with Crippen molar-refractivity contribution < 1.29 is 14.3 Å². The van der Waals surface area contributed by atoms with Crippen molar-refractivity contribution in [3.8, 4) is 0 Å². The summed E-state index contributed by atoms with van der Waals surface area (Å²) >= 11 is 0. The summed E-state index contributed by atoms with van der Waals surface area (Å²) in [5.74, 6) is -0.386. The van der Waals surface area contributed by atoms with E-state index in [9.17, 15) is 4.79 Å². The highest BCUT2D eigenvalue weighted by atomic mass is 16.5. The fraction of sp³-hybridized carbons (Fsp3) is 0.381. The van der Waals surface area contributed by atoms with E-state index in [1.165, 1.54) is 5.56 Å². The number of carbonyl (C=O) groups excluding carboxylic acids is 1. The number of likely N-dealkylation sites (tertiary alicyclic amines) is 1. The first kappa shape index (κ1) is 17.6. The molecule has 0 unspecified atom stereocenters. The zero-order valence-electron chi connectivity index (χ0n) is 14.6. The number of ether oxygens (including phenoxy) is 2. The number of benzene rings is 2. The summed E-state index contributed by atoms with van der Waals surface area (Å²) in [5.41, 5.74) is 2.36.